The molecule has 3 nitrogen and oxygen atoms in total. The Morgan fingerprint density at radius 3 is 2.89 bits per heavy atom. The molecule has 0 radical (unpaired) electrons. The Bertz CT molecular complexity index is 982. The van der Waals surface area contributed by atoms with E-state index in [1.54, 1.807) is 0 Å². The van der Waals surface area contributed by atoms with Crippen LogP contribution in [0.25, 0.3) is 0 Å². The maximum absolute atomic E-state index is 6.32. The molecule has 144 valence electrons. The summed E-state index contributed by atoms with van der Waals surface area (Å²) in [4.78, 5) is 4.82. The van der Waals surface area contributed by atoms with Gasteiger partial charge in [0.1, 0.15) is 12.3 Å². The number of rotatable bonds is 7. The van der Waals surface area contributed by atoms with E-state index in [0.717, 1.165) is 33.7 Å². The molecule has 0 saturated heterocycles. The van der Waals surface area contributed by atoms with Crippen LogP contribution in [0.2, 0.25) is 5.02 Å². The molecule has 1 aliphatic heterocycles. The highest BCUT2D eigenvalue weighted by Gasteiger charge is 2.22. The zero-order valence-electron chi connectivity index (χ0n) is 15.8. The third-order valence-corrected chi connectivity index (χ3v) is 6.25. The number of hydrogen-bond acceptors (Lipinski definition) is 3. The normalized spacial score (nSPS) is 16.1. The van der Waals surface area contributed by atoms with E-state index < -0.39 is 0 Å². The summed E-state index contributed by atoms with van der Waals surface area (Å²) < 4.78 is 8.06. The summed E-state index contributed by atoms with van der Waals surface area (Å²) in [5.41, 5.74) is 4.76. The monoisotopic (exact) mass is 410 g/mol. The molecule has 0 spiro atoms. The van der Waals surface area contributed by atoms with Crippen molar-refractivity contribution in [3.05, 3.63) is 94.3 Å². The first-order chi connectivity index (χ1) is 13.7. The number of nitrogens with zero attached hydrogens (tertiary/aromatic N) is 2. The van der Waals surface area contributed by atoms with Crippen molar-refractivity contribution < 1.29 is 4.74 Å². The van der Waals surface area contributed by atoms with E-state index in [-0.39, 0.29) is 6.04 Å². The minimum Gasteiger partial charge on any atom is -0.474 e. The fourth-order valence-electron chi connectivity index (χ4n) is 3.31. The number of thioether (sulfide) groups is 1. The lowest BCUT2D eigenvalue weighted by molar-refractivity contribution is 0.323. The predicted molar refractivity (Wildman–Crippen MR) is 119 cm³/mol. The van der Waals surface area contributed by atoms with Crippen molar-refractivity contribution >= 4 is 29.3 Å². The first-order valence-electron chi connectivity index (χ1n) is 9.42. The van der Waals surface area contributed by atoms with Crippen molar-refractivity contribution in [1.82, 2.24) is 4.57 Å². The number of halogens is 1. The van der Waals surface area contributed by atoms with Crippen LogP contribution in [0.5, 0.6) is 0 Å². The Morgan fingerprint density at radius 1 is 1.14 bits per heavy atom. The van der Waals surface area contributed by atoms with Crippen LogP contribution in [0.15, 0.2) is 71.9 Å². The molecular weight excluding hydrogens is 388 g/mol. The molecule has 1 aliphatic rings. The van der Waals surface area contributed by atoms with E-state index in [1.807, 2.05) is 48.3 Å². The molecule has 0 fully saturated rings. The van der Waals surface area contributed by atoms with Gasteiger partial charge < -0.3 is 9.30 Å². The van der Waals surface area contributed by atoms with Gasteiger partial charge in [-0.3, -0.25) is 0 Å². The Labute approximate surface area is 175 Å². The Balaban J connectivity index is 1.38. The van der Waals surface area contributed by atoms with Crippen LogP contribution in [0, 0.1) is 6.92 Å². The van der Waals surface area contributed by atoms with Gasteiger partial charge in [0.05, 0.1) is 6.04 Å². The van der Waals surface area contributed by atoms with Crippen molar-refractivity contribution in [2.75, 3.05) is 12.4 Å². The number of hydrogen-bond donors (Lipinski definition) is 0. The molecule has 5 heteroatoms. The second kappa shape index (κ2) is 8.89. The summed E-state index contributed by atoms with van der Waals surface area (Å²) in [6, 6.07) is 20.9. The van der Waals surface area contributed by atoms with Crippen LogP contribution in [-0.4, -0.2) is 28.9 Å². The van der Waals surface area contributed by atoms with Crippen molar-refractivity contribution in [2.45, 2.75) is 25.3 Å². The lowest BCUT2D eigenvalue weighted by Gasteiger charge is -2.10. The molecule has 2 heterocycles. The Hall–Kier alpha value is -2.17. The predicted octanol–water partition coefficient (Wildman–Crippen LogP) is 5.58. The topological polar surface area (TPSA) is 26.5 Å². The molecule has 0 aliphatic carbocycles. The molecule has 3 aromatic rings. The van der Waals surface area contributed by atoms with Crippen molar-refractivity contribution in [3.8, 4) is 0 Å². The van der Waals surface area contributed by atoms with Gasteiger partial charge >= 0.3 is 0 Å². The molecule has 0 bridgehead atoms. The largest absolute Gasteiger partial charge is 0.474 e. The molecule has 4 rings (SSSR count). The fraction of sp³-hybridized carbons (Fsp3) is 0.261. The number of aromatic nitrogens is 1. The average molecular weight is 411 g/mol. The summed E-state index contributed by atoms with van der Waals surface area (Å²) in [6.45, 7) is 3.48. The van der Waals surface area contributed by atoms with Crippen LogP contribution in [0.4, 0.5) is 0 Å². The molecule has 0 saturated carbocycles. The molecule has 0 N–H and O–H groups in total. The van der Waals surface area contributed by atoms with Gasteiger partial charge in [0.15, 0.2) is 0 Å². The van der Waals surface area contributed by atoms with E-state index in [1.165, 1.54) is 11.1 Å². The molecule has 1 aromatic heterocycles. The zero-order chi connectivity index (χ0) is 19.3. The average Bonchev–Trinajstić information content (AvgIpc) is 3.33. The van der Waals surface area contributed by atoms with Crippen molar-refractivity contribution in [3.63, 3.8) is 0 Å². The molecule has 0 amide bonds. The summed E-state index contributed by atoms with van der Waals surface area (Å²) in [5.74, 6) is 2.70. The van der Waals surface area contributed by atoms with Gasteiger partial charge in [-0.25, -0.2) is 4.99 Å². The van der Waals surface area contributed by atoms with Crippen LogP contribution < -0.4 is 0 Å². The van der Waals surface area contributed by atoms with Gasteiger partial charge in [0, 0.05) is 29.3 Å². The lowest BCUT2D eigenvalue weighted by atomic mass is 10.2. The fourth-order valence-corrected chi connectivity index (χ4v) is 4.48. The van der Waals surface area contributed by atoms with Gasteiger partial charge in [-0.2, -0.15) is 11.8 Å². The highest BCUT2D eigenvalue weighted by Crippen LogP contribution is 2.21. The minimum absolute atomic E-state index is 0.202. The number of aryl methyl sites for hydroxylation is 1. The van der Waals surface area contributed by atoms with E-state index in [2.05, 4.69) is 41.8 Å². The van der Waals surface area contributed by atoms with E-state index in [4.69, 9.17) is 21.3 Å². The van der Waals surface area contributed by atoms with Crippen LogP contribution >= 0.6 is 23.4 Å². The quantitative estimate of drug-likeness (QED) is 0.508. The van der Waals surface area contributed by atoms with Crippen LogP contribution in [0.3, 0.4) is 0 Å². The molecule has 1 atom stereocenters. The van der Waals surface area contributed by atoms with Gasteiger partial charge in [-0.1, -0.05) is 59.6 Å². The summed E-state index contributed by atoms with van der Waals surface area (Å²) in [6.07, 6.45) is 2.05. The molecule has 0 unspecified atom stereocenters. The van der Waals surface area contributed by atoms with E-state index in [0.29, 0.717) is 13.2 Å². The SMILES string of the molecule is Cc1cccc(CSC[C@@H]2COC(c3cccn3Cc3ccccc3Cl)=N2)c1. The highest BCUT2D eigenvalue weighted by atomic mass is 35.5. The van der Waals surface area contributed by atoms with Crippen molar-refractivity contribution in [2.24, 2.45) is 4.99 Å². The van der Waals surface area contributed by atoms with Gasteiger partial charge in [-0.05, 0) is 36.2 Å². The first-order valence-corrected chi connectivity index (χ1v) is 10.9. The van der Waals surface area contributed by atoms with E-state index in [9.17, 15) is 0 Å². The summed E-state index contributed by atoms with van der Waals surface area (Å²) in [5, 5.41) is 0.779. The first kappa shape index (κ1) is 19.2. The Morgan fingerprint density at radius 2 is 2.04 bits per heavy atom. The number of benzene rings is 2. The standard InChI is InChI=1S/C23H23ClN2OS/c1-17-6-4-7-18(12-17)15-28-16-20-14-27-23(25-20)22-10-5-11-26(22)13-19-8-2-3-9-21(19)24/h2-12,20H,13-16H2,1H3/t20-/m0/s1. The van der Waals surface area contributed by atoms with Crippen LogP contribution in [0.1, 0.15) is 22.4 Å². The molecular formula is C23H23ClN2OS. The smallest absolute Gasteiger partial charge is 0.233 e. The van der Waals surface area contributed by atoms with Crippen molar-refractivity contribution in [1.29, 1.82) is 0 Å². The lowest BCUT2D eigenvalue weighted by Crippen LogP contribution is -2.11. The van der Waals surface area contributed by atoms with Gasteiger partial charge in [0.25, 0.3) is 0 Å². The van der Waals surface area contributed by atoms with E-state index >= 15 is 0 Å². The third-order valence-electron chi connectivity index (χ3n) is 4.72. The maximum Gasteiger partial charge on any atom is 0.233 e. The van der Waals surface area contributed by atoms with Gasteiger partial charge in [0.2, 0.25) is 5.90 Å². The highest BCUT2D eigenvalue weighted by molar-refractivity contribution is 7.98. The van der Waals surface area contributed by atoms with Crippen LogP contribution in [-0.2, 0) is 17.0 Å². The number of aliphatic imine (C=N–C) groups is 1. The third kappa shape index (κ3) is 4.62. The second-order valence-electron chi connectivity index (χ2n) is 7.02. The Kier molecular flexibility index (Phi) is 6.08. The molecule has 2 aromatic carbocycles. The zero-order valence-corrected chi connectivity index (χ0v) is 17.4. The summed E-state index contributed by atoms with van der Waals surface area (Å²) >= 11 is 8.23. The van der Waals surface area contributed by atoms with Gasteiger partial charge in [-0.15, -0.1) is 0 Å². The summed E-state index contributed by atoms with van der Waals surface area (Å²) in [7, 11) is 0. The number of ether oxygens (including phenoxy) is 1. The maximum atomic E-state index is 6.32. The minimum atomic E-state index is 0.202. The molecule has 28 heavy (non-hydrogen) atoms. The second-order valence-corrected chi connectivity index (χ2v) is 8.45.